The molecule has 0 N–H and O–H groups in total. The first-order valence-electron chi connectivity index (χ1n) is 8.56. The van der Waals surface area contributed by atoms with Crippen LogP contribution in [-0.2, 0) is 21.8 Å². The Morgan fingerprint density at radius 1 is 1.28 bits per heavy atom. The second-order valence-corrected chi connectivity index (χ2v) is 8.79. The number of hydrogen-bond acceptors (Lipinski definition) is 5. The quantitative estimate of drug-likeness (QED) is 0.651. The third kappa shape index (κ3) is 4.41. The van der Waals surface area contributed by atoms with Crippen LogP contribution in [0.1, 0.15) is 35.1 Å². The smallest absolute Gasteiger partial charge is 0.432 e. The van der Waals surface area contributed by atoms with Gasteiger partial charge >= 0.3 is 12.1 Å². The van der Waals surface area contributed by atoms with Gasteiger partial charge in [0.15, 0.2) is 5.82 Å². The maximum atomic E-state index is 13.4. The molecule has 3 rings (SSSR count). The van der Waals surface area contributed by atoms with E-state index in [1.807, 2.05) is 0 Å². The molecule has 0 radical (unpaired) electrons. The van der Waals surface area contributed by atoms with Crippen LogP contribution in [0.3, 0.4) is 0 Å². The van der Waals surface area contributed by atoms with E-state index >= 15 is 0 Å². The highest BCUT2D eigenvalue weighted by atomic mass is 35.5. The summed E-state index contributed by atoms with van der Waals surface area (Å²) < 4.78 is 72.7. The number of ether oxygens (including phenoxy) is 1. The van der Waals surface area contributed by atoms with Crippen LogP contribution in [0, 0.1) is 0 Å². The van der Waals surface area contributed by atoms with Gasteiger partial charge in [-0.25, -0.2) is 18.2 Å². The number of imidazole rings is 1. The lowest BCUT2D eigenvalue weighted by Crippen LogP contribution is -2.29. The number of nitrogens with zero attached hydrogens (tertiary/aromatic N) is 3. The minimum absolute atomic E-state index is 0.134. The molecule has 1 aliphatic rings. The Bertz CT molecular complexity index is 1020. The number of hydrogen-bond donors (Lipinski definition) is 0. The predicted molar refractivity (Wildman–Crippen MR) is 96.9 cm³/mol. The highest BCUT2D eigenvalue weighted by molar-refractivity contribution is 7.89. The number of aryl methyl sites for hydroxylation is 1. The van der Waals surface area contributed by atoms with Gasteiger partial charge < -0.3 is 9.30 Å². The van der Waals surface area contributed by atoms with Gasteiger partial charge in [0.05, 0.1) is 10.6 Å². The topological polar surface area (TPSA) is 81.5 Å². The fourth-order valence-electron chi connectivity index (χ4n) is 2.97. The SMILES string of the molecule is Cn1ccnc1C(OC(=O)c1ccc(Cl)c(S(=O)(=O)N2CCCC2)c1)C(F)(F)F. The fraction of sp³-hybridized carbons (Fsp3) is 0.412. The third-order valence-electron chi connectivity index (χ3n) is 4.46. The van der Waals surface area contributed by atoms with Crippen molar-refractivity contribution in [1.29, 1.82) is 0 Å². The maximum Gasteiger partial charge on any atom is 0.432 e. The van der Waals surface area contributed by atoms with Gasteiger partial charge in [-0.05, 0) is 31.0 Å². The van der Waals surface area contributed by atoms with E-state index in [-0.39, 0.29) is 15.5 Å². The summed E-state index contributed by atoms with van der Waals surface area (Å²) in [7, 11) is -2.65. The molecule has 1 atom stereocenters. The van der Waals surface area contributed by atoms with E-state index < -0.39 is 34.1 Å². The number of sulfonamides is 1. The minimum Gasteiger partial charge on any atom is -0.441 e. The first kappa shape index (κ1) is 21.6. The molecule has 0 aliphatic carbocycles. The zero-order valence-electron chi connectivity index (χ0n) is 15.2. The number of esters is 1. The molecular weight excluding hydrogens is 435 g/mol. The highest BCUT2D eigenvalue weighted by Crippen LogP contribution is 2.36. The van der Waals surface area contributed by atoms with Gasteiger partial charge in [0.25, 0.3) is 6.10 Å². The molecule has 2 heterocycles. The fourth-order valence-corrected chi connectivity index (χ4v) is 4.98. The van der Waals surface area contributed by atoms with Crippen molar-refractivity contribution < 1.29 is 31.1 Å². The monoisotopic (exact) mass is 451 g/mol. The van der Waals surface area contributed by atoms with Gasteiger partial charge in [0.2, 0.25) is 10.0 Å². The van der Waals surface area contributed by atoms with E-state index in [0.29, 0.717) is 25.9 Å². The Morgan fingerprint density at radius 2 is 1.93 bits per heavy atom. The number of rotatable bonds is 5. The van der Waals surface area contributed by atoms with Gasteiger partial charge in [-0.15, -0.1) is 0 Å². The first-order chi connectivity index (χ1) is 13.5. The molecule has 1 fully saturated rings. The summed E-state index contributed by atoms with van der Waals surface area (Å²) in [5.74, 6) is -1.85. The second-order valence-electron chi connectivity index (χ2n) is 6.48. The molecule has 2 aromatic rings. The number of alkyl halides is 3. The second kappa shape index (κ2) is 7.96. The Kier molecular flexibility index (Phi) is 5.93. The zero-order chi connectivity index (χ0) is 21.4. The number of halogens is 4. The average molecular weight is 452 g/mol. The third-order valence-corrected chi connectivity index (χ3v) is 6.85. The Balaban J connectivity index is 1.92. The highest BCUT2D eigenvalue weighted by Gasteiger charge is 2.46. The molecule has 0 spiro atoms. The molecule has 1 aromatic carbocycles. The Morgan fingerprint density at radius 3 is 2.48 bits per heavy atom. The minimum atomic E-state index is -4.91. The summed E-state index contributed by atoms with van der Waals surface area (Å²) >= 11 is 5.99. The average Bonchev–Trinajstić information content (AvgIpc) is 3.31. The molecule has 158 valence electrons. The van der Waals surface area contributed by atoms with Crippen molar-refractivity contribution in [2.24, 2.45) is 7.05 Å². The van der Waals surface area contributed by atoms with Crippen molar-refractivity contribution in [3.63, 3.8) is 0 Å². The number of benzene rings is 1. The van der Waals surface area contributed by atoms with E-state index in [0.717, 1.165) is 29.0 Å². The van der Waals surface area contributed by atoms with Crippen LogP contribution < -0.4 is 0 Å². The number of aromatic nitrogens is 2. The summed E-state index contributed by atoms with van der Waals surface area (Å²) in [5, 5.41) is -0.134. The molecular formula is C17H17ClF3N3O4S. The van der Waals surface area contributed by atoms with Crippen LogP contribution in [0.5, 0.6) is 0 Å². The molecule has 29 heavy (non-hydrogen) atoms. The molecule has 7 nitrogen and oxygen atoms in total. The van der Waals surface area contributed by atoms with Crippen molar-refractivity contribution >= 4 is 27.6 Å². The van der Waals surface area contributed by atoms with Crippen molar-refractivity contribution in [2.45, 2.75) is 30.0 Å². The molecule has 1 unspecified atom stereocenters. The molecule has 1 aliphatic heterocycles. The lowest BCUT2D eigenvalue weighted by Gasteiger charge is -2.21. The van der Waals surface area contributed by atoms with Crippen LogP contribution in [0.25, 0.3) is 0 Å². The molecule has 0 bridgehead atoms. The van der Waals surface area contributed by atoms with Crippen molar-refractivity contribution in [3.05, 3.63) is 47.0 Å². The summed E-state index contributed by atoms with van der Waals surface area (Å²) in [6.07, 6.45) is -3.71. The van der Waals surface area contributed by atoms with Gasteiger partial charge in [-0.2, -0.15) is 17.5 Å². The van der Waals surface area contributed by atoms with E-state index in [2.05, 4.69) is 9.72 Å². The Labute approximate surface area is 170 Å². The van der Waals surface area contributed by atoms with Crippen LogP contribution >= 0.6 is 11.6 Å². The summed E-state index contributed by atoms with van der Waals surface area (Å²) in [6.45, 7) is 0.616. The largest absolute Gasteiger partial charge is 0.441 e. The lowest BCUT2D eigenvalue weighted by molar-refractivity contribution is -0.210. The van der Waals surface area contributed by atoms with Crippen LogP contribution in [0.2, 0.25) is 5.02 Å². The molecule has 1 saturated heterocycles. The van der Waals surface area contributed by atoms with Gasteiger partial charge in [-0.3, -0.25) is 0 Å². The summed E-state index contributed by atoms with van der Waals surface area (Å²) in [6, 6.07) is 3.19. The molecule has 12 heteroatoms. The van der Waals surface area contributed by atoms with E-state index in [1.54, 1.807) is 0 Å². The normalized spacial score (nSPS) is 16.7. The summed E-state index contributed by atoms with van der Waals surface area (Å²) in [5.41, 5.74) is -0.365. The number of carbonyl (C=O) groups excluding carboxylic acids is 1. The molecule has 0 saturated carbocycles. The molecule has 1 aromatic heterocycles. The van der Waals surface area contributed by atoms with Crippen molar-refractivity contribution in [1.82, 2.24) is 13.9 Å². The van der Waals surface area contributed by atoms with E-state index in [4.69, 9.17) is 11.6 Å². The van der Waals surface area contributed by atoms with Gasteiger partial charge in [0, 0.05) is 32.5 Å². The number of carbonyl (C=O) groups is 1. The van der Waals surface area contributed by atoms with E-state index in [9.17, 15) is 26.4 Å². The van der Waals surface area contributed by atoms with Gasteiger partial charge in [-0.1, -0.05) is 11.6 Å². The van der Waals surface area contributed by atoms with E-state index in [1.165, 1.54) is 17.5 Å². The van der Waals surface area contributed by atoms with Gasteiger partial charge in [0.1, 0.15) is 4.90 Å². The van der Waals surface area contributed by atoms with Crippen LogP contribution in [0.4, 0.5) is 13.2 Å². The van der Waals surface area contributed by atoms with Crippen molar-refractivity contribution in [2.75, 3.05) is 13.1 Å². The predicted octanol–water partition coefficient (Wildman–Crippen LogP) is 3.32. The lowest BCUT2D eigenvalue weighted by atomic mass is 10.2. The zero-order valence-corrected chi connectivity index (χ0v) is 16.8. The Hall–Kier alpha value is -2.11. The van der Waals surface area contributed by atoms with Crippen LogP contribution in [0.15, 0.2) is 35.5 Å². The standard InChI is InChI=1S/C17H17ClF3N3O4S/c1-23-9-6-22-15(23)14(17(19,20)21)28-16(25)11-4-5-12(18)13(10-11)29(26,27)24-7-2-3-8-24/h4-6,9-10,14H,2-3,7-8H2,1H3. The maximum absolute atomic E-state index is 13.4. The summed E-state index contributed by atoms with van der Waals surface area (Å²) in [4.78, 5) is 15.7. The first-order valence-corrected chi connectivity index (χ1v) is 10.4. The van der Waals surface area contributed by atoms with Crippen LogP contribution in [-0.4, -0.2) is 47.5 Å². The molecule has 0 amide bonds. The van der Waals surface area contributed by atoms with Crippen molar-refractivity contribution in [3.8, 4) is 0 Å².